The third-order valence-corrected chi connectivity index (χ3v) is 4.38. The van der Waals surface area contributed by atoms with Gasteiger partial charge in [-0.1, -0.05) is 22.9 Å². The second-order valence-corrected chi connectivity index (χ2v) is 6.20. The highest BCUT2D eigenvalue weighted by atomic mass is 79.9. The third-order valence-electron chi connectivity index (χ3n) is 2.52. The van der Waals surface area contributed by atoms with Crippen molar-refractivity contribution in [3.63, 3.8) is 0 Å². The van der Waals surface area contributed by atoms with E-state index in [1.165, 1.54) is 23.5 Å². The van der Waals surface area contributed by atoms with Gasteiger partial charge in [0.1, 0.15) is 5.82 Å². The number of fused-ring (bicyclic) bond motifs is 1. The molecular formula is C13H7BrClFN2S. The summed E-state index contributed by atoms with van der Waals surface area (Å²) in [6.07, 6.45) is 0. The molecule has 1 aromatic heterocycles. The van der Waals surface area contributed by atoms with Crippen LogP contribution in [0.1, 0.15) is 0 Å². The maximum absolute atomic E-state index is 13.1. The fourth-order valence-corrected chi connectivity index (χ4v) is 3.08. The van der Waals surface area contributed by atoms with Gasteiger partial charge < -0.3 is 5.32 Å². The first-order valence-corrected chi connectivity index (χ1v) is 7.39. The summed E-state index contributed by atoms with van der Waals surface area (Å²) in [6, 6.07) is 10.0. The first-order chi connectivity index (χ1) is 9.11. The predicted octanol–water partition coefficient (Wildman–Crippen LogP) is 5.59. The fraction of sp³-hybridized carbons (Fsp3) is 0. The lowest BCUT2D eigenvalue weighted by Gasteiger charge is -2.05. The van der Waals surface area contributed by atoms with Gasteiger partial charge >= 0.3 is 0 Å². The van der Waals surface area contributed by atoms with Crippen LogP contribution >= 0.6 is 38.9 Å². The summed E-state index contributed by atoms with van der Waals surface area (Å²) < 4.78 is 14.8. The summed E-state index contributed by atoms with van der Waals surface area (Å²) in [6.45, 7) is 0. The number of nitrogens with zero attached hydrogens (tertiary/aromatic N) is 1. The lowest BCUT2D eigenvalue weighted by molar-refractivity contribution is 0.630. The Morgan fingerprint density at radius 1 is 1.21 bits per heavy atom. The molecule has 2 aromatic carbocycles. The second kappa shape index (κ2) is 5.07. The van der Waals surface area contributed by atoms with Crippen LogP contribution in [0.3, 0.4) is 0 Å². The van der Waals surface area contributed by atoms with E-state index in [-0.39, 0.29) is 5.82 Å². The van der Waals surface area contributed by atoms with Gasteiger partial charge in [0.2, 0.25) is 0 Å². The lowest BCUT2D eigenvalue weighted by Crippen LogP contribution is -1.90. The van der Waals surface area contributed by atoms with Crippen LogP contribution in [0.25, 0.3) is 10.2 Å². The van der Waals surface area contributed by atoms with Crippen LogP contribution in [-0.4, -0.2) is 4.98 Å². The van der Waals surface area contributed by atoms with Crippen molar-refractivity contribution in [2.75, 3.05) is 5.32 Å². The van der Waals surface area contributed by atoms with Crippen molar-refractivity contribution in [3.8, 4) is 0 Å². The first kappa shape index (κ1) is 12.8. The molecule has 1 heterocycles. The van der Waals surface area contributed by atoms with E-state index in [4.69, 9.17) is 11.6 Å². The molecule has 0 amide bonds. The van der Waals surface area contributed by atoms with Crippen LogP contribution in [0.5, 0.6) is 0 Å². The lowest BCUT2D eigenvalue weighted by atomic mass is 10.3. The van der Waals surface area contributed by atoms with E-state index in [9.17, 15) is 4.39 Å². The zero-order valence-corrected chi connectivity index (χ0v) is 12.6. The number of hydrogen-bond acceptors (Lipinski definition) is 3. The Balaban J connectivity index is 1.98. The summed E-state index contributed by atoms with van der Waals surface area (Å²) in [5.41, 5.74) is 1.60. The van der Waals surface area contributed by atoms with Gasteiger partial charge in [-0.3, -0.25) is 0 Å². The van der Waals surface area contributed by atoms with Crippen LogP contribution in [0.2, 0.25) is 5.02 Å². The highest BCUT2D eigenvalue weighted by Crippen LogP contribution is 2.32. The molecule has 96 valence electrons. The van der Waals surface area contributed by atoms with Crippen LogP contribution in [0.15, 0.2) is 40.9 Å². The Hall–Kier alpha value is -1.17. The van der Waals surface area contributed by atoms with E-state index in [0.717, 1.165) is 20.4 Å². The van der Waals surface area contributed by atoms with Crippen LogP contribution in [0, 0.1) is 5.82 Å². The summed E-state index contributed by atoms with van der Waals surface area (Å²) in [5.74, 6) is -0.258. The minimum atomic E-state index is -0.258. The predicted molar refractivity (Wildman–Crippen MR) is 82.0 cm³/mol. The second-order valence-electron chi connectivity index (χ2n) is 3.88. The molecule has 0 fully saturated rings. The van der Waals surface area contributed by atoms with Gasteiger partial charge in [0.15, 0.2) is 5.13 Å². The topological polar surface area (TPSA) is 24.9 Å². The van der Waals surface area contributed by atoms with Crippen molar-refractivity contribution >= 4 is 59.9 Å². The molecule has 0 saturated heterocycles. The highest BCUT2D eigenvalue weighted by molar-refractivity contribution is 9.10. The van der Waals surface area contributed by atoms with Gasteiger partial charge in [-0.15, -0.1) is 0 Å². The zero-order valence-electron chi connectivity index (χ0n) is 9.45. The minimum Gasteiger partial charge on any atom is -0.331 e. The number of nitrogens with one attached hydrogen (secondary N) is 1. The molecule has 0 bridgehead atoms. The van der Waals surface area contributed by atoms with Gasteiger partial charge in [-0.05, 0) is 52.3 Å². The van der Waals surface area contributed by atoms with Crippen molar-refractivity contribution < 1.29 is 4.39 Å². The van der Waals surface area contributed by atoms with Gasteiger partial charge in [-0.2, -0.15) is 0 Å². The number of rotatable bonds is 2. The van der Waals surface area contributed by atoms with Crippen LogP contribution in [0.4, 0.5) is 15.2 Å². The summed E-state index contributed by atoms with van der Waals surface area (Å²) >= 11 is 10.8. The van der Waals surface area contributed by atoms with Gasteiger partial charge in [-0.25, -0.2) is 9.37 Å². The average Bonchev–Trinajstić information content (AvgIpc) is 2.75. The van der Waals surface area contributed by atoms with E-state index < -0.39 is 0 Å². The van der Waals surface area contributed by atoms with E-state index >= 15 is 0 Å². The van der Waals surface area contributed by atoms with E-state index in [1.807, 2.05) is 6.07 Å². The van der Waals surface area contributed by atoms with E-state index in [0.29, 0.717) is 10.2 Å². The Morgan fingerprint density at radius 2 is 2.05 bits per heavy atom. The molecule has 19 heavy (non-hydrogen) atoms. The molecular weight excluding hydrogens is 351 g/mol. The Morgan fingerprint density at radius 3 is 2.89 bits per heavy atom. The molecule has 0 spiro atoms. The smallest absolute Gasteiger partial charge is 0.188 e. The van der Waals surface area contributed by atoms with Gasteiger partial charge in [0.05, 0.1) is 15.9 Å². The molecule has 0 aliphatic heterocycles. The Kier molecular flexibility index (Phi) is 3.43. The van der Waals surface area contributed by atoms with Crippen molar-refractivity contribution in [1.82, 2.24) is 4.98 Å². The highest BCUT2D eigenvalue weighted by Gasteiger charge is 2.07. The van der Waals surface area contributed by atoms with Gasteiger partial charge in [0, 0.05) is 9.50 Å². The fourth-order valence-electron chi connectivity index (χ4n) is 1.66. The Bertz CT molecular complexity index is 759. The standard InChI is InChI=1S/C13H7BrClFN2S/c14-9-3-1-7(15)5-11(9)18-13-17-10-4-2-8(16)6-12(10)19-13/h1-6H,(H,17,18). The van der Waals surface area contributed by atoms with E-state index in [1.54, 1.807) is 18.2 Å². The summed E-state index contributed by atoms with van der Waals surface area (Å²) in [5, 5.41) is 4.51. The molecule has 0 unspecified atom stereocenters. The molecule has 0 radical (unpaired) electrons. The number of halogens is 3. The van der Waals surface area contributed by atoms with Crippen molar-refractivity contribution in [1.29, 1.82) is 0 Å². The molecule has 2 nitrogen and oxygen atoms in total. The molecule has 3 aromatic rings. The zero-order chi connectivity index (χ0) is 13.4. The first-order valence-electron chi connectivity index (χ1n) is 5.40. The third kappa shape index (κ3) is 2.73. The molecule has 6 heteroatoms. The number of anilines is 2. The van der Waals surface area contributed by atoms with Crippen LogP contribution in [-0.2, 0) is 0 Å². The number of hydrogen-bond donors (Lipinski definition) is 1. The van der Waals surface area contributed by atoms with Crippen molar-refractivity contribution in [2.45, 2.75) is 0 Å². The molecule has 0 aliphatic carbocycles. The minimum absolute atomic E-state index is 0.258. The monoisotopic (exact) mass is 356 g/mol. The average molecular weight is 358 g/mol. The van der Waals surface area contributed by atoms with Gasteiger partial charge in [0.25, 0.3) is 0 Å². The normalized spacial score (nSPS) is 10.9. The largest absolute Gasteiger partial charge is 0.331 e. The molecule has 0 saturated carbocycles. The SMILES string of the molecule is Fc1ccc2nc(Nc3cc(Cl)ccc3Br)sc2c1. The van der Waals surface area contributed by atoms with Crippen LogP contribution < -0.4 is 5.32 Å². The summed E-state index contributed by atoms with van der Waals surface area (Å²) in [7, 11) is 0. The molecule has 3 rings (SSSR count). The maximum Gasteiger partial charge on any atom is 0.188 e. The molecule has 0 atom stereocenters. The number of benzene rings is 2. The molecule has 1 N–H and O–H groups in total. The van der Waals surface area contributed by atoms with E-state index in [2.05, 4.69) is 26.2 Å². The maximum atomic E-state index is 13.1. The molecule has 0 aliphatic rings. The van der Waals surface area contributed by atoms with Crippen molar-refractivity contribution in [2.24, 2.45) is 0 Å². The van der Waals surface area contributed by atoms with Crippen molar-refractivity contribution in [3.05, 3.63) is 51.7 Å². The quantitative estimate of drug-likeness (QED) is 0.646. The summed E-state index contributed by atoms with van der Waals surface area (Å²) in [4.78, 5) is 4.40. The number of aromatic nitrogens is 1. The Labute approximate surface area is 126 Å². The number of thiazole rings is 1.